The number of benzene rings is 1. The average Bonchev–Trinajstić information content (AvgIpc) is 2.89. The lowest BCUT2D eigenvalue weighted by atomic mass is 9.85. The molecule has 1 heterocycles. The fraction of sp³-hybridized carbons (Fsp3) is 0.438. The molecule has 1 aromatic carbocycles. The zero-order chi connectivity index (χ0) is 13.9. The summed E-state index contributed by atoms with van der Waals surface area (Å²) in [6, 6.07) is 9.05. The van der Waals surface area contributed by atoms with Crippen molar-refractivity contribution in [1.29, 1.82) is 0 Å². The van der Waals surface area contributed by atoms with E-state index in [4.69, 9.17) is 5.73 Å². The van der Waals surface area contributed by atoms with E-state index in [2.05, 4.69) is 35.0 Å². The van der Waals surface area contributed by atoms with Crippen molar-refractivity contribution >= 4 is 27.3 Å². The molecular weight excluding hydrogens is 268 g/mol. The fourth-order valence-electron chi connectivity index (χ4n) is 3.01. The normalized spacial score (nSPS) is 23.0. The van der Waals surface area contributed by atoms with Gasteiger partial charge in [0, 0.05) is 23.2 Å². The summed E-state index contributed by atoms with van der Waals surface area (Å²) in [4.78, 5) is 11.2. The van der Waals surface area contributed by atoms with Gasteiger partial charge in [-0.05, 0) is 48.1 Å². The largest absolute Gasteiger partial charge is 0.369 e. The first-order valence-corrected chi connectivity index (χ1v) is 8.10. The van der Waals surface area contributed by atoms with Crippen LogP contribution in [0, 0.1) is 5.92 Å². The predicted molar refractivity (Wildman–Crippen MR) is 83.6 cm³/mol. The van der Waals surface area contributed by atoms with Crippen molar-refractivity contribution in [3.05, 3.63) is 35.2 Å². The van der Waals surface area contributed by atoms with Crippen LogP contribution in [0.5, 0.6) is 0 Å². The topological polar surface area (TPSA) is 55.1 Å². The van der Waals surface area contributed by atoms with Crippen LogP contribution in [0.3, 0.4) is 0 Å². The van der Waals surface area contributed by atoms with E-state index >= 15 is 0 Å². The van der Waals surface area contributed by atoms with Crippen molar-refractivity contribution in [3.63, 3.8) is 0 Å². The molecule has 2 aromatic rings. The van der Waals surface area contributed by atoms with Gasteiger partial charge in [-0.1, -0.05) is 18.2 Å². The summed E-state index contributed by atoms with van der Waals surface area (Å²) >= 11 is 1.80. The molecule has 1 saturated carbocycles. The van der Waals surface area contributed by atoms with Crippen molar-refractivity contribution in [2.45, 2.75) is 38.3 Å². The first-order valence-electron chi connectivity index (χ1n) is 7.22. The molecule has 0 atom stereocenters. The Labute approximate surface area is 123 Å². The van der Waals surface area contributed by atoms with Gasteiger partial charge in [0.05, 0.1) is 0 Å². The van der Waals surface area contributed by atoms with Crippen LogP contribution in [0.1, 0.15) is 31.2 Å². The third-order valence-electron chi connectivity index (χ3n) is 4.27. The van der Waals surface area contributed by atoms with Crippen molar-refractivity contribution in [1.82, 2.24) is 5.32 Å². The molecular formula is C16H20N2OS. The molecule has 0 saturated heterocycles. The SMILES string of the molecule is NC(=O)C1CCC(NCc2csc3ccccc23)CC1. The monoisotopic (exact) mass is 288 g/mol. The van der Waals surface area contributed by atoms with E-state index in [0.717, 1.165) is 32.2 Å². The molecule has 0 unspecified atom stereocenters. The number of carbonyl (C=O) groups excluding carboxylic acids is 1. The molecule has 3 N–H and O–H groups in total. The van der Waals surface area contributed by atoms with Gasteiger partial charge < -0.3 is 11.1 Å². The van der Waals surface area contributed by atoms with E-state index in [9.17, 15) is 4.79 Å². The Bertz CT molecular complexity index is 599. The summed E-state index contributed by atoms with van der Waals surface area (Å²) in [5, 5.41) is 7.23. The van der Waals surface area contributed by atoms with Crippen molar-refractivity contribution in [2.75, 3.05) is 0 Å². The van der Waals surface area contributed by atoms with Gasteiger partial charge in [0.15, 0.2) is 0 Å². The van der Waals surface area contributed by atoms with Crippen molar-refractivity contribution in [3.8, 4) is 0 Å². The van der Waals surface area contributed by atoms with Gasteiger partial charge in [0.2, 0.25) is 5.91 Å². The number of fused-ring (bicyclic) bond motifs is 1. The zero-order valence-corrected chi connectivity index (χ0v) is 12.3. The number of nitrogens with one attached hydrogen (secondary N) is 1. The Morgan fingerprint density at radius 3 is 2.75 bits per heavy atom. The minimum atomic E-state index is -0.132. The fourth-order valence-corrected chi connectivity index (χ4v) is 3.97. The number of primary amides is 1. The molecule has 0 aliphatic heterocycles. The molecule has 3 rings (SSSR count). The third-order valence-corrected chi connectivity index (χ3v) is 5.28. The Morgan fingerprint density at radius 1 is 1.25 bits per heavy atom. The Balaban J connectivity index is 1.57. The molecule has 1 aromatic heterocycles. The zero-order valence-electron chi connectivity index (χ0n) is 11.5. The van der Waals surface area contributed by atoms with Crippen LogP contribution in [0.2, 0.25) is 0 Å². The summed E-state index contributed by atoms with van der Waals surface area (Å²) in [7, 11) is 0. The predicted octanol–water partition coefficient (Wildman–Crippen LogP) is 3.04. The van der Waals surface area contributed by atoms with Gasteiger partial charge in [-0.3, -0.25) is 4.79 Å². The standard InChI is InChI=1S/C16H20N2OS/c17-16(19)11-5-7-13(8-6-11)18-9-12-10-20-15-4-2-1-3-14(12)15/h1-4,10-11,13,18H,5-9H2,(H2,17,19). The van der Waals surface area contributed by atoms with Crippen LogP contribution >= 0.6 is 11.3 Å². The van der Waals surface area contributed by atoms with E-state index in [1.807, 2.05) is 0 Å². The quantitative estimate of drug-likeness (QED) is 0.908. The number of thiophene rings is 1. The Hall–Kier alpha value is -1.39. The molecule has 4 heteroatoms. The molecule has 1 amide bonds. The minimum Gasteiger partial charge on any atom is -0.369 e. The number of hydrogen-bond acceptors (Lipinski definition) is 3. The molecule has 20 heavy (non-hydrogen) atoms. The van der Waals surface area contributed by atoms with Gasteiger partial charge in [0.1, 0.15) is 0 Å². The summed E-state index contributed by atoms with van der Waals surface area (Å²) in [6.07, 6.45) is 3.96. The minimum absolute atomic E-state index is 0.0926. The van der Waals surface area contributed by atoms with E-state index < -0.39 is 0 Å². The first kappa shape index (κ1) is 13.6. The molecule has 106 valence electrons. The van der Waals surface area contributed by atoms with Gasteiger partial charge in [0.25, 0.3) is 0 Å². The van der Waals surface area contributed by atoms with Crippen molar-refractivity contribution < 1.29 is 4.79 Å². The molecule has 1 aliphatic carbocycles. The van der Waals surface area contributed by atoms with Gasteiger partial charge in [-0.25, -0.2) is 0 Å². The number of amides is 1. The maximum Gasteiger partial charge on any atom is 0.220 e. The lowest BCUT2D eigenvalue weighted by Crippen LogP contribution is -2.36. The highest BCUT2D eigenvalue weighted by molar-refractivity contribution is 7.17. The van der Waals surface area contributed by atoms with E-state index in [0.29, 0.717) is 6.04 Å². The van der Waals surface area contributed by atoms with E-state index in [1.54, 1.807) is 11.3 Å². The molecule has 1 aliphatic rings. The second-order valence-electron chi connectivity index (χ2n) is 5.59. The smallest absolute Gasteiger partial charge is 0.220 e. The van der Waals surface area contributed by atoms with Crippen molar-refractivity contribution in [2.24, 2.45) is 11.7 Å². The maximum absolute atomic E-state index is 11.2. The Morgan fingerprint density at radius 2 is 2.00 bits per heavy atom. The van der Waals surface area contributed by atoms with Gasteiger partial charge >= 0.3 is 0 Å². The second kappa shape index (κ2) is 5.94. The van der Waals surface area contributed by atoms with E-state index in [1.165, 1.54) is 15.6 Å². The van der Waals surface area contributed by atoms with Crippen LogP contribution in [0.4, 0.5) is 0 Å². The molecule has 3 nitrogen and oxygen atoms in total. The number of hydrogen-bond donors (Lipinski definition) is 2. The first-order chi connectivity index (χ1) is 9.74. The summed E-state index contributed by atoms with van der Waals surface area (Å²) in [5.74, 6) is -0.0395. The van der Waals surface area contributed by atoms with Crippen LogP contribution in [0.15, 0.2) is 29.6 Å². The highest BCUT2D eigenvalue weighted by atomic mass is 32.1. The molecule has 0 spiro atoms. The maximum atomic E-state index is 11.2. The number of rotatable bonds is 4. The lowest BCUT2D eigenvalue weighted by molar-refractivity contribution is -0.122. The van der Waals surface area contributed by atoms with Crippen LogP contribution in [-0.2, 0) is 11.3 Å². The molecule has 0 bridgehead atoms. The number of nitrogens with two attached hydrogens (primary N) is 1. The Kier molecular flexibility index (Phi) is 4.03. The van der Waals surface area contributed by atoms with Gasteiger partial charge in [-0.15, -0.1) is 11.3 Å². The molecule has 1 fully saturated rings. The highest BCUT2D eigenvalue weighted by Crippen LogP contribution is 2.27. The highest BCUT2D eigenvalue weighted by Gasteiger charge is 2.24. The van der Waals surface area contributed by atoms with Crippen LogP contribution in [-0.4, -0.2) is 11.9 Å². The molecule has 0 radical (unpaired) electrons. The van der Waals surface area contributed by atoms with Crippen LogP contribution < -0.4 is 11.1 Å². The average molecular weight is 288 g/mol. The summed E-state index contributed by atoms with van der Waals surface area (Å²) in [5.41, 5.74) is 6.75. The van der Waals surface area contributed by atoms with Crippen LogP contribution in [0.25, 0.3) is 10.1 Å². The lowest BCUT2D eigenvalue weighted by Gasteiger charge is -2.27. The van der Waals surface area contributed by atoms with Gasteiger partial charge in [-0.2, -0.15) is 0 Å². The second-order valence-corrected chi connectivity index (χ2v) is 6.50. The number of carbonyl (C=O) groups is 1. The summed E-state index contributed by atoms with van der Waals surface area (Å²) < 4.78 is 1.35. The van der Waals surface area contributed by atoms with E-state index in [-0.39, 0.29) is 11.8 Å². The summed E-state index contributed by atoms with van der Waals surface area (Å²) in [6.45, 7) is 0.913. The third kappa shape index (κ3) is 2.86.